The van der Waals surface area contributed by atoms with E-state index in [1.165, 1.54) is 0 Å². The van der Waals surface area contributed by atoms with Gasteiger partial charge in [0, 0.05) is 17.3 Å². The monoisotopic (exact) mass is 304 g/mol. The van der Waals surface area contributed by atoms with Crippen molar-refractivity contribution in [2.75, 3.05) is 6.61 Å². The molecule has 2 rings (SSSR count). The molecular weight excluding hydrogens is 288 g/mol. The molecule has 2 aromatic rings. The minimum atomic E-state index is -0.653. The number of aromatic nitrogens is 1. The molecule has 0 bridgehead atoms. The van der Waals surface area contributed by atoms with Gasteiger partial charge in [0.1, 0.15) is 0 Å². The quantitative estimate of drug-likeness (QED) is 0.913. The lowest BCUT2D eigenvalue weighted by Gasteiger charge is -2.23. The molecule has 1 aromatic heterocycles. The maximum atomic E-state index is 12.1. The van der Waals surface area contributed by atoms with Crippen molar-refractivity contribution in [1.82, 2.24) is 10.3 Å². The zero-order valence-electron chi connectivity index (χ0n) is 11.9. The van der Waals surface area contributed by atoms with Crippen LogP contribution in [0.25, 0.3) is 11.3 Å². The summed E-state index contributed by atoms with van der Waals surface area (Å²) in [5, 5.41) is 12.5. The second-order valence-corrected chi connectivity index (χ2v) is 5.81. The fraction of sp³-hybridized carbons (Fsp3) is 0.250. The highest BCUT2D eigenvalue weighted by atomic mass is 35.5. The molecule has 0 atom stereocenters. The van der Waals surface area contributed by atoms with Gasteiger partial charge in [0.15, 0.2) is 0 Å². The first-order valence-corrected chi connectivity index (χ1v) is 6.95. The molecule has 0 unspecified atom stereocenters. The molecule has 0 spiro atoms. The van der Waals surface area contributed by atoms with E-state index in [4.69, 9.17) is 11.6 Å². The highest BCUT2D eigenvalue weighted by molar-refractivity contribution is 6.33. The second-order valence-electron chi connectivity index (χ2n) is 5.41. The van der Waals surface area contributed by atoms with Crippen LogP contribution in [0.3, 0.4) is 0 Å². The molecule has 21 heavy (non-hydrogen) atoms. The number of amides is 1. The van der Waals surface area contributed by atoms with Crippen LogP contribution in [0.2, 0.25) is 5.02 Å². The lowest BCUT2D eigenvalue weighted by atomic mass is 10.0. The predicted octanol–water partition coefficient (Wildman–Crippen LogP) is 2.90. The third-order valence-electron chi connectivity index (χ3n) is 3.03. The number of carbonyl (C=O) groups excluding carboxylic acids is 1. The Morgan fingerprint density at radius 1 is 1.29 bits per heavy atom. The smallest absolute Gasteiger partial charge is 0.251 e. The standard InChI is InChI=1S/C16H17ClN2O2/c1-16(2,10-20)19-15(21)12-7-5-11(6-8-12)14-13(17)4-3-9-18-14/h3-9,20H,10H2,1-2H3,(H,19,21). The number of carbonyl (C=O) groups is 1. The molecule has 2 N–H and O–H groups in total. The lowest BCUT2D eigenvalue weighted by Crippen LogP contribution is -2.46. The summed E-state index contributed by atoms with van der Waals surface area (Å²) in [6, 6.07) is 10.6. The van der Waals surface area contributed by atoms with Crippen LogP contribution in [-0.2, 0) is 0 Å². The van der Waals surface area contributed by atoms with E-state index >= 15 is 0 Å². The van der Waals surface area contributed by atoms with Gasteiger partial charge in [0.25, 0.3) is 5.91 Å². The number of hydrogen-bond donors (Lipinski definition) is 2. The Labute approximate surface area is 128 Å². The van der Waals surface area contributed by atoms with Crippen molar-refractivity contribution in [2.24, 2.45) is 0 Å². The van der Waals surface area contributed by atoms with Gasteiger partial charge < -0.3 is 10.4 Å². The van der Waals surface area contributed by atoms with Gasteiger partial charge in [-0.25, -0.2) is 0 Å². The number of aliphatic hydroxyl groups excluding tert-OH is 1. The third kappa shape index (κ3) is 3.80. The Morgan fingerprint density at radius 3 is 2.52 bits per heavy atom. The lowest BCUT2D eigenvalue weighted by molar-refractivity contribution is 0.0869. The number of nitrogens with one attached hydrogen (secondary N) is 1. The zero-order valence-corrected chi connectivity index (χ0v) is 12.7. The molecule has 1 aromatic carbocycles. The number of pyridine rings is 1. The topological polar surface area (TPSA) is 62.2 Å². The number of halogens is 1. The minimum Gasteiger partial charge on any atom is -0.394 e. The van der Waals surface area contributed by atoms with E-state index in [2.05, 4.69) is 10.3 Å². The summed E-state index contributed by atoms with van der Waals surface area (Å²) < 4.78 is 0. The van der Waals surface area contributed by atoms with Crippen LogP contribution in [0.4, 0.5) is 0 Å². The number of aliphatic hydroxyl groups is 1. The fourth-order valence-electron chi connectivity index (χ4n) is 1.80. The summed E-state index contributed by atoms with van der Waals surface area (Å²) in [5.41, 5.74) is 1.40. The maximum absolute atomic E-state index is 12.1. The molecule has 1 heterocycles. The molecule has 0 aliphatic heterocycles. The number of nitrogens with zero attached hydrogens (tertiary/aromatic N) is 1. The average Bonchev–Trinajstić information content (AvgIpc) is 2.47. The molecule has 0 saturated carbocycles. The summed E-state index contributed by atoms with van der Waals surface area (Å²) >= 11 is 6.10. The summed E-state index contributed by atoms with van der Waals surface area (Å²) in [6.07, 6.45) is 1.67. The van der Waals surface area contributed by atoms with Crippen LogP contribution in [0.5, 0.6) is 0 Å². The number of benzene rings is 1. The molecule has 5 heteroatoms. The van der Waals surface area contributed by atoms with Crippen molar-refractivity contribution in [3.63, 3.8) is 0 Å². The van der Waals surface area contributed by atoms with Crippen LogP contribution in [0, 0.1) is 0 Å². The van der Waals surface area contributed by atoms with Crippen molar-refractivity contribution in [3.8, 4) is 11.3 Å². The summed E-state index contributed by atoms with van der Waals surface area (Å²) in [5.74, 6) is -0.229. The molecular formula is C16H17ClN2O2. The van der Waals surface area contributed by atoms with Crippen molar-refractivity contribution < 1.29 is 9.90 Å². The average molecular weight is 305 g/mol. The molecule has 1 amide bonds. The first-order valence-electron chi connectivity index (χ1n) is 6.57. The fourth-order valence-corrected chi connectivity index (χ4v) is 2.03. The van der Waals surface area contributed by atoms with Crippen LogP contribution in [0.15, 0.2) is 42.6 Å². The first-order chi connectivity index (χ1) is 9.93. The van der Waals surface area contributed by atoms with E-state index in [1.807, 2.05) is 0 Å². The van der Waals surface area contributed by atoms with Crippen molar-refractivity contribution in [2.45, 2.75) is 19.4 Å². The van der Waals surface area contributed by atoms with Gasteiger partial charge in [0.2, 0.25) is 0 Å². The van der Waals surface area contributed by atoms with Gasteiger partial charge in [-0.2, -0.15) is 0 Å². The largest absolute Gasteiger partial charge is 0.394 e. The molecule has 0 aliphatic rings. The molecule has 0 saturated heterocycles. The Kier molecular flexibility index (Phi) is 4.60. The van der Waals surface area contributed by atoms with Gasteiger partial charge in [-0.3, -0.25) is 9.78 Å². The van der Waals surface area contributed by atoms with E-state index in [0.717, 1.165) is 5.56 Å². The van der Waals surface area contributed by atoms with Gasteiger partial charge in [-0.1, -0.05) is 23.7 Å². The van der Waals surface area contributed by atoms with Crippen molar-refractivity contribution in [3.05, 3.63) is 53.2 Å². The van der Waals surface area contributed by atoms with E-state index in [0.29, 0.717) is 16.3 Å². The van der Waals surface area contributed by atoms with E-state index < -0.39 is 5.54 Å². The van der Waals surface area contributed by atoms with E-state index in [-0.39, 0.29) is 12.5 Å². The van der Waals surface area contributed by atoms with Gasteiger partial charge >= 0.3 is 0 Å². The summed E-state index contributed by atoms with van der Waals surface area (Å²) in [7, 11) is 0. The SMILES string of the molecule is CC(C)(CO)NC(=O)c1ccc(-c2ncccc2Cl)cc1. The Morgan fingerprint density at radius 2 is 1.95 bits per heavy atom. The van der Waals surface area contributed by atoms with Gasteiger partial charge in [-0.15, -0.1) is 0 Å². The highest BCUT2D eigenvalue weighted by Crippen LogP contribution is 2.25. The van der Waals surface area contributed by atoms with E-state index in [9.17, 15) is 9.90 Å². The van der Waals surface area contributed by atoms with Crippen molar-refractivity contribution >= 4 is 17.5 Å². The van der Waals surface area contributed by atoms with Crippen LogP contribution < -0.4 is 5.32 Å². The number of rotatable bonds is 4. The first kappa shape index (κ1) is 15.5. The second kappa shape index (κ2) is 6.24. The molecule has 0 fully saturated rings. The normalized spacial score (nSPS) is 11.2. The Bertz CT molecular complexity index is 639. The summed E-state index contributed by atoms with van der Waals surface area (Å²) in [4.78, 5) is 16.3. The molecule has 110 valence electrons. The molecule has 0 aliphatic carbocycles. The Balaban J connectivity index is 2.20. The third-order valence-corrected chi connectivity index (χ3v) is 3.33. The highest BCUT2D eigenvalue weighted by Gasteiger charge is 2.20. The van der Waals surface area contributed by atoms with Gasteiger partial charge in [-0.05, 0) is 38.1 Å². The zero-order chi connectivity index (χ0) is 15.5. The predicted molar refractivity (Wildman–Crippen MR) is 83.3 cm³/mol. The Hall–Kier alpha value is -1.91. The molecule has 4 nitrogen and oxygen atoms in total. The van der Waals surface area contributed by atoms with Crippen molar-refractivity contribution in [1.29, 1.82) is 0 Å². The minimum absolute atomic E-state index is 0.125. The van der Waals surface area contributed by atoms with Crippen LogP contribution in [0.1, 0.15) is 24.2 Å². The van der Waals surface area contributed by atoms with Crippen LogP contribution in [-0.4, -0.2) is 28.1 Å². The van der Waals surface area contributed by atoms with Crippen LogP contribution >= 0.6 is 11.6 Å². The number of hydrogen-bond acceptors (Lipinski definition) is 3. The van der Waals surface area contributed by atoms with E-state index in [1.54, 1.807) is 56.4 Å². The molecule has 0 radical (unpaired) electrons. The van der Waals surface area contributed by atoms with Gasteiger partial charge in [0.05, 0.1) is 22.9 Å². The maximum Gasteiger partial charge on any atom is 0.251 e. The summed E-state index contributed by atoms with van der Waals surface area (Å²) in [6.45, 7) is 3.39.